The van der Waals surface area contributed by atoms with Crippen molar-refractivity contribution in [1.29, 1.82) is 0 Å². The summed E-state index contributed by atoms with van der Waals surface area (Å²) in [6.07, 6.45) is 3.00. The fraction of sp³-hybridized carbons (Fsp3) is 0.381. The largest absolute Gasteiger partial charge is 0.462 e. The molecule has 0 saturated carbocycles. The minimum absolute atomic E-state index is 0.139. The van der Waals surface area contributed by atoms with Crippen LogP contribution in [0.4, 0.5) is 9.39 Å². The molecule has 2 heterocycles. The number of ether oxygens (including phenoxy) is 1. The van der Waals surface area contributed by atoms with Crippen molar-refractivity contribution in [3.63, 3.8) is 0 Å². The van der Waals surface area contributed by atoms with E-state index in [0.717, 1.165) is 30.6 Å². The molecule has 29 heavy (non-hydrogen) atoms. The molecular weight excluding hydrogens is 395 g/mol. The van der Waals surface area contributed by atoms with Crippen molar-refractivity contribution < 1.29 is 23.5 Å². The van der Waals surface area contributed by atoms with Gasteiger partial charge in [-0.3, -0.25) is 9.59 Å². The lowest BCUT2D eigenvalue weighted by Crippen LogP contribution is -2.35. The monoisotopic (exact) mass is 418 g/mol. The van der Waals surface area contributed by atoms with Crippen molar-refractivity contribution in [1.82, 2.24) is 4.90 Å². The van der Waals surface area contributed by atoms with E-state index in [1.165, 1.54) is 24.3 Å². The quantitative estimate of drug-likeness (QED) is 0.737. The Bertz CT molecular complexity index is 918. The fourth-order valence-corrected chi connectivity index (χ4v) is 4.43. The first-order valence-electron chi connectivity index (χ1n) is 9.59. The van der Waals surface area contributed by atoms with Crippen LogP contribution in [0.25, 0.3) is 0 Å². The van der Waals surface area contributed by atoms with Crippen molar-refractivity contribution in [3.8, 4) is 0 Å². The molecule has 1 aliphatic rings. The number of anilines is 1. The van der Waals surface area contributed by atoms with Gasteiger partial charge >= 0.3 is 5.97 Å². The Morgan fingerprint density at radius 2 is 1.79 bits per heavy atom. The van der Waals surface area contributed by atoms with Crippen molar-refractivity contribution in [2.24, 2.45) is 0 Å². The molecule has 0 atom stereocenters. The number of hydrogen-bond acceptors (Lipinski definition) is 5. The van der Waals surface area contributed by atoms with Crippen LogP contribution in [0.2, 0.25) is 0 Å². The first kappa shape index (κ1) is 21.0. The van der Waals surface area contributed by atoms with E-state index in [1.807, 2.05) is 0 Å². The maximum absolute atomic E-state index is 13.1. The molecule has 0 aliphatic carbocycles. The van der Waals surface area contributed by atoms with Crippen LogP contribution < -0.4 is 5.32 Å². The highest BCUT2D eigenvalue weighted by Crippen LogP contribution is 2.35. The van der Waals surface area contributed by atoms with Crippen LogP contribution in [0, 0.1) is 12.7 Å². The Morgan fingerprint density at radius 1 is 1.14 bits per heavy atom. The third-order valence-corrected chi connectivity index (χ3v) is 5.99. The molecule has 1 aliphatic heterocycles. The van der Waals surface area contributed by atoms with Gasteiger partial charge in [0.1, 0.15) is 10.8 Å². The molecule has 1 saturated heterocycles. The lowest BCUT2D eigenvalue weighted by atomic mass is 10.1. The van der Waals surface area contributed by atoms with Crippen LogP contribution in [0.1, 0.15) is 62.1 Å². The zero-order valence-electron chi connectivity index (χ0n) is 16.4. The lowest BCUT2D eigenvalue weighted by Gasteiger charge is -2.26. The summed E-state index contributed by atoms with van der Waals surface area (Å²) in [7, 11) is 0. The van der Waals surface area contributed by atoms with Gasteiger partial charge < -0.3 is 15.0 Å². The van der Waals surface area contributed by atoms with Gasteiger partial charge in [0.15, 0.2) is 0 Å². The fourth-order valence-electron chi connectivity index (χ4n) is 3.27. The number of thiophene rings is 1. The van der Waals surface area contributed by atoms with E-state index in [-0.39, 0.29) is 28.6 Å². The summed E-state index contributed by atoms with van der Waals surface area (Å²) < 4.78 is 18.3. The van der Waals surface area contributed by atoms with Crippen LogP contribution >= 0.6 is 11.3 Å². The van der Waals surface area contributed by atoms with Crippen LogP contribution in [-0.2, 0) is 4.74 Å². The van der Waals surface area contributed by atoms with Gasteiger partial charge in [0.2, 0.25) is 0 Å². The first-order valence-corrected chi connectivity index (χ1v) is 10.4. The molecule has 2 aromatic rings. The molecule has 154 valence electrons. The van der Waals surface area contributed by atoms with Crippen molar-refractivity contribution in [3.05, 3.63) is 51.7 Å². The summed E-state index contributed by atoms with van der Waals surface area (Å²) >= 11 is 1.07. The molecule has 8 heteroatoms. The summed E-state index contributed by atoms with van der Waals surface area (Å²) in [5, 5.41) is 2.95. The number of nitrogens with zero attached hydrogens (tertiary/aromatic N) is 1. The average Bonchev–Trinajstić information content (AvgIpc) is 3.04. The molecule has 3 rings (SSSR count). The number of carbonyl (C=O) groups excluding carboxylic acids is 3. The number of nitrogens with one attached hydrogen (secondary N) is 1. The van der Waals surface area contributed by atoms with Crippen molar-refractivity contribution in [2.45, 2.75) is 33.1 Å². The summed E-state index contributed by atoms with van der Waals surface area (Å²) in [6, 6.07) is 5.09. The van der Waals surface area contributed by atoms with E-state index in [1.54, 1.807) is 18.7 Å². The second-order valence-electron chi connectivity index (χ2n) is 6.79. The summed E-state index contributed by atoms with van der Waals surface area (Å²) in [6.45, 7) is 4.92. The number of amides is 2. The molecule has 1 aromatic heterocycles. The number of benzene rings is 1. The van der Waals surface area contributed by atoms with Gasteiger partial charge in [-0.15, -0.1) is 11.3 Å². The van der Waals surface area contributed by atoms with Gasteiger partial charge in [-0.2, -0.15) is 0 Å². The number of rotatable bonds is 5. The van der Waals surface area contributed by atoms with E-state index >= 15 is 0 Å². The van der Waals surface area contributed by atoms with E-state index in [2.05, 4.69) is 5.32 Å². The summed E-state index contributed by atoms with van der Waals surface area (Å²) in [5.74, 6) is -1.67. The van der Waals surface area contributed by atoms with E-state index < -0.39 is 17.7 Å². The maximum Gasteiger partial charge on any atom is 0.341 e. The van der Waals surface area contributed by atoms with Gasteiger partial charge in [-0.05, 0) is 62.9 Å². The average molecular weight is 418 g/mol. The molecule has 2 amide bonds. The zero-order valence-corrected chi connectivity index (χ0v) is 17.2. The SMILES string of the molecule is CCOC(=O)c1c(NC(=O)c2ccc(F)cc2)sc(C(=O)N2CCCCC2)c1C. The molecule has 1 N–H and O–H groups in total. The number of esters is 1. The Kier molecular flexibility index (Phi) is 6.64. The molecule has 0 unspecified atom stereocenters. The second kappa shape index (κ2) is 9.17. The van der Waals surface area contributed by atoms with Crippen LogP contribution in [0.5, 0.6) is 0 Å². The smallest absolute Gasteiger partial charge is 0.341 e. The number of hydrogen-bond donors (Lipinski definition) is 1. The van der Waals surface area contributed by atoms with Crippen LogP contribution in [-0.4, -0.2) is 42.4 Å². The second-order valence-corrected chi connectivity index (χ2v) is 7.82. The van der Waals surface area contributed by atoms with Crippen LogP contribution in [0.15, 0.2) is 24.3 Å². The standard InChI is InChI=1S/C21H23FN2O4S/c1-3-28-21(27)16-13(2)17(20(26)24-11-5-4-6-12-24)29-19(16)23-18(25)14-7-9-15(22)10-8-14/h7-10H,3-6,11-12H2,1-2H3,(H,23,25). The normalized spacial score (nSPS) is 13.8. The van der Waals surface area contributed by atoms with E-state index in [4.69, 9.17) is 4.74 Å². The molecule has 1 fully saturated rings. The Labute approximate surface area is 172 Å². The molecule has 0 radical (unpaired) electrons. The molecular formula is C21H23FN2O4S. The minimum Gasteiger partial charge on any atom is -0.462 e. The summed E-state index contributed by atoms with van der Waals surface area (Å²) in [4.78, 5) is 40.3. The summed E-state index contributed by atoms with van der Waals surface area (Å²) in [5.41, 5.74) is 0.933. The first-order chi connectivity index (χ1) is 13.9. The van der Waals surface area contributed by atoms with Gasteiger partial charge in [0.25, 0.3) is 11.8 Å². The van der Waals surface area contributed by atoms with Crippen LogP contribution in [0.3, 0.4) is 0 Å². The highest BCUT2D eigenvalue weighted by molar-refractivity contribution is 7.18. The predicted octanol–water partition coefficient (Wildman–Crippen LogP) is 4.25. The topological polar surface area (TPSA) is 75.7 Å². The number of carbonyl (C=O) groups is 3. The third-order valence-electron chi connectivity index (χ3n) is 4.80. The molecule has 1 aromatic carbocycles. The lowest BCUT2D eigenvalue weighted by molar-refractivity contribution is 0.0527. The number of likely N-dealkylation sites (tertiary alicyclic amines) is 1. The highest BCUT2D eigenvalue weighted by atomic mass is 32.1. The maximum atomic E-state index is 13.1. The Balaban J connectivity index is 1.93. The number of piperidine rings is 1. The van der Waals surface area contributed by atoms with Gasteiger partial charge in [0, 0.05) is 18.7 Å². The third kappa shape index (κ3) is 4.64. The van der Waals surface area contributed by atoms with Gasteiger partial charge in [0.05, 0.1) is 17.0 Å². The predicted molar refractivity (Wildman–Crippen MR) is 109 cm³/mol. The Morgan fingerprint density at radius 3 is 2.41 bits per heavy atom. The van der Waals surface area contributed by atoms with Crippen molar-refractivity contribution >= 4 is 34.1 Å². The zero-order chi connectivity index (χ0) is 21.0. The van der Waals surface area contributed by atoms with Gasteiger partial charge in [-0.25, -0.2) is 9.18 Å². The minimum atomic E-state index is -0.589. The van der Waals surface area contributed by atoms with Gasteiger partial charge in [-0.1, -0.05) is 0 Å². The van der Waals surface area contributed by atoms with E-state index in [9.17, 15) is 18.8 Å². The molecule has 0 spiro atoms. The highest BCUT2D eigenvalue weighted by Gasteiger charge is 2.29. The van der Waals surface area contributed by atoms with E-state index in [0.29, 0.717) is 23.5 Å². The molecule has 6 nitrogen and oxygen atoms in total. The molecule has 0 bridgehead atoms. The number of halogens is 1. The van der Waals surface area contributed by atoms with Crippen molar-refractivity contribution in [2.75, 3.05) is 25.0 Å². The Hall–Kier alpha value is -2.74.